The summed E-state index contributed by atoms with van der Waals surface area (Å²) in [5.41, 5.74) is 7.39. The number of hydrogen-bond acceptors (Lipinski definition) is 2. The molecule has 1 aliphatic carbocycles. The highest BCUT2D eigenvalue weighted by molar-refractivity contribution is 5.89. The monoisotopic (exact) mass is 247 g/mol. The Morgan fingerprint density at radius 3 is 2.78 bits per heavy atom. The summed E-state index contributed by atoms with van der Waals surface area (Å²) >= 11 is 0. The lowest BCUT2D eigenvalue weighted by molar-refractivity contribution is 0.244. The first kappa shape index (κ1) is 12.9. The lowest BCUT2D eigenvalue weighted by atomic mass is 9.96. The van der Waals surface area contributed by atoms with Crippen molar-refractivity contribution in [2.75, 3.05) is 5.32 Å². The molecule has 18 heavy (non-hydrogen) atoms. The van der Waals surface area contributed by atoms with Crippen molar-refractivity contribution < 1.29 is 4.79 Å². The normalized spacial score (nSPS) is 16.3. The molecule has 1 fully saturated rings. The molecule has 4 N–H and O–H groups in total. The van der Waals surface area contributed by atoms with Crippen molar-refractivity contribution in [3.8, 4) is 0 Å². The molecule has 2 rings (SSSR count). The molecule has 0 bridgehead atoms. The molecule has 4 heteroatoms. The van der Waals surface area contributed by atoms with Crippen LogP contribution in [0.1, 0.15) is 37.7 Å². The predicted octanol–water partition coefficient (Wildman–Crippen LogP) is 2.60. The summed E-state index contributed by atoms with van der Waals surface area (Å²) in [6.07, 6.45) is 5.91. The van der Waals surface area contributed by atoms with Gasteiger partial charge in [-0.15, -0.1) is 0 Å². The van der Waals surface area contributed by atoms with Crippen LogP contribution in [0.3, 0.4) is 0 Å². The number of nitrogens with one attached hydrogen (secondary N) is 2. The SMILES string of the molecule is NCc1cccc(NC(=O)NC2CCCCC2)c1. The Morgan fingerprint density at radius 1 is 1.28 bits per heavy atom. The second-order valence-electron chi connectivity index (χ2n) is 4.84. The summed E-state index contributed by atoms with van der Waals surface area (Å²) in [4.78, 5) is 11.8. The zero-order valence-corrected chi connectivity index (χ0v) is 10.6. The first-order valence-corrected chi connectivity index (χ1v) is 6.64. The number of hydrogen-bond donors (Lipinski definition) is 3. The van der Waals surface area contributed by atoms with Crippen molar-refractivity contribution in [2.24, 2.45) is 5.73 Å². The van der Waals surface area contributed by atoms with E-state index in [1.165, 1.54) is 19.3 Å². The van der Waals surface area contributed by atoms with Gasteiger partial charge in [0.1, 0.15) is 0 Å². The fraction of sp³-hybridized carbons (Fsp3) is 0.500. The van der Waals surface area contributed by atoms with Gasteiger partial charge in [-0.1, -0.05) is 31.4 Å². The molecule has 0 unspecified atom stereocenters. The Balaban J connectivity index is 1.85. The molecular formula is C14H21N3O. The van der Waals surface area contributed by atoms with Crippen LogP contribution in [0.2, 0.25) is 0 Å². The van der Waals surface area contributed by atoms with Gasteiger partial charge in [0.2, 0.25) is 0 Å². The van der Waals surface area contributed by atoms with E-state index in [1.807, 2.05) is 24.3 Å². The molecule has 0 aromatic heterocycles. The second kappa shape index (κ2) is 6.40. The molecule has 2 amide bonds. The van der Waals surface area contributed by atoms with Gasteiger partial charge in [0.15, 0.2) is 0 Å². The quantitative estimate of drug-likeness (QED) is 0.768. The van der Waals surface area contributed by atoms with Crippen molar-refractivity contribution in [2.45, 2.75) is 44.7 Å². The maximum Gasteiger partial charge on any atom is 0.319 e. The van der Waals surface area contributed by atoms with Crippen molar-refractivity contribution >= 4 is 11.7 Å². The van der Waals surface area contributed by atoms with Gasteiger partial charge >= 0.3 is 6.03 Å². The summed E-state index contributed by atoms with van der Waals surface area (Å²) in [6.45, 7) is 0.486. The van der Waals surface area contributed by atoms with Gasteiger partial charge < -0.3 is 16.4 Å². The van der Waals surface area contributed by atoms with Gasteiger partial charge in [0.25, 0.3) is 0 Å². The van der Waals surface area contributed by atoms with Gasteiger partial charge in [-0.05, 0) is 30.5 Å². The van der Waals surface area contributed by atoms with Crippen LogP contribution in [0, 0.1) is 0 Å². The van der Waals surface area contributed by atoms with Gasteiger partial charge in [-0.2, -0.15) is 0 Å². The van der Waals surface area contributed by atoms with E-state index in [4.69, 9.17) is 5.73 Å². The molecule has 1 aromatic carbocycles. The van der Waals surface area contributed by atoms with Crippen molar-refractivity contribution in [1.29, 1.82) is 0 Å². The first-order chi connectivity index (χ1) is 8.78. The van der Waals surface area contributed by atoms with E-state index in [2.05, 4.69) is 10.6 Å². The zero-order valence-electron chi connectivity index (χ0n) is 10.6. The lowest BCUT2D eigenvalue weighted by Crippen LogP contribution is -2.39. The average molecular weight is 247 g/mol. The minimum atomic E-state index is -0.115. The highest BCUT2D eigenvalue weighted by atomic mass is 16.2. The van der Waals surface area contributed by atoms with Crippen LogP contribution in [0.25, 0.3) is 0 Å². The summed E-state index contributed by atoms with van der Waals surface area (Å²) < 4.78 is 0. The third-order valence-corrected chi connectivity index (χ3v) is 3.36. The maximum absolute atomic E-state index is 11.8. The molecule has 0 heterocycles. The van der Waals surface area contributed by atoms with E-state index in [0.717, 1.165) is 24.1 Å². The molecule has 0 radical (unpaired) electrons. The van der Waals surface area contributed by atoms with Crippen LogP contribution in [0.5, 0.6) is 0 Å². The number of rotatable bonds is 3. The van der Waals surface area contributed by atoms with Crippen LogP contribution < -0.4 is 16.4 Å². The van der Waals surface area contributed by atoms with Crippen molar-refractivity contribution in [3.05, 3.63) is 29.8 Å². The van der Waals surface area contributed by atoms with E-state index in [-0.39, 0.29) is 6.03 Å². The van der Waals surface area contributed by atoms with Gasteiger partial charge in [-0.3, -0.25) is 0 Å². The lowest BCUT2D eigenvalue weighted by Gasteiger charge is -2.22. The van der Waals surface area contributed by atoms with Gasteiger partial charge in [0, 0.05) is 18.3 Å². The number of carbonyl (C=O) groups is 1. The Hall–Kier alpha value is -1.55. The van der Waals surface area contributed by atoms with Crippen molar-refractivity contribution in [3.63, 3.8) is 0 Å². The van der Waals surface area contributed by atoms with Crippen LogP contribution in [-0.2, 0) is 6.54 Å². The predicted molar refractivity (Wildman–Crippen MR) is 73.4 cm³/mol. The number of urea groups is 1. The first-order valence-electron chi connectivity index (χ1n) is 6.64. The summed E-state index contributed by atoms with van der Waals surface area (Å²) in [6, 6.07) is 7.84. The number of nitrogens with two attached hydrogens (primary N) is 1. The Bertz CT molecular complexity index is 400. The summed E-state index contributed by atoms with van der Waals surface area (Å²) in [5.74, 6) is 0. The third kappa shape index (κ3) is 3.74. The molecule has 1 aromatic rings. The van der Waals surface area contributed by atoms with Gasteiger partial charge in [0.05, 0.1) is 0 Å². The molecule has 0 aliphatic heterocycles. The summed E-state index contributed by atoms with van der Waals surface area (Å²) in [7, 11) is 0. The molecule has 0 spiro atoms. The third-order valence-electron chi connectivity index (χ3n) is 3.36. The van der Waals surface area contributed by atoms with E-state index >= 15 is 0 Å². The van der Waals surface area contributed by atoms with Crippen LogP contribution in [-0.4, -0.2) is 12.1 Å². The fourth-order valence-corrected chi connectivity index (χ4v) is 2.38. The van der Waals surface area contributed by atoms with Crippen LogP contribution in [0.4, 0.5) is 10.5 Å². The largest absolute Gasteiger partial charge is 0.335 e. The zero-order chi connectivity index (χ0) is 12.8. The van der Waals surface area contributed by atoms with Crippen LogP contribution in [0.15, 0.2) is 24.3 Å². The highest BCUT2D eigenvalue weighted by Crippen LogP contribution is 2.17. The van der Waals surface area contributed by atoms with E-state index < -0.39 is 0 Å². The Morgan fingerprint density at radius 2 is 2.06 bits per heavy atom. The van der Waals surface area contributed by atoms with E-state index in [0.29, 0.717) is 12.6 Å². The standard InChI is InChI=1S/C14H21N3O/c15-10-11-5-4-8-13(9-11)17-14(18)16-12-6-2-1-3-7-12/h4-5,8-9,12H,1-3,6-7,10,15H2,(H2,16,17,18). The van der Waals surface area contributed by atoms with Crippen molar-refractivity contribution in [1.82, 2.24) is 5.32 Å². The number of carbonyl (C=O) groups excluding carboxylic acids is 1. The maximum atomic E-state index is 11.8. The Labute approximate surface area is 108 Å². The molecule has 1 saturated carbocycles. The second-order valence-corrected chi connectivity index (χ2v) is 4.84. The molecular weight excluding hydrogens is 226 g/mol. The van der Waals surface area contributed by atoms with E-state index in [9.17, 15) is 4.79 Å². The highest BCUT2D eigenvalue weighted by Gasteiger charge is 2.15. The number of anilines is 1. The average Bonchev–Trinajstić information content (AvgIpc) is 2.40. The molecule has 0 saturated heterocycles. The van der Waals surface area contributed by atoms with Gasteiger partial charge in [-0.25, -0.2) is 4.79 Å². The molecule has 4 nitrogen and oxygen atoms in total. The molecule has 0 atom stereocenters. The smallest absolute Gasteiger partial charge is 0.319 e. The summed E-state index contributed by atoms with van der Waals surface area (Å²) in [5, 5.41) is 5.88. The fourth-order valence-electron chi connectivity index (χ4n) is 2.38. The van der Waals surface area contributed by atoms with E-state index in [1.54, 1.807) is 0 Å². The van der Waals surface area contributed by atoms with Crippen LogP contribution >= 0.6 is 0 Å². The minimum Gasteiger partial charge on any atom is -0.335 e. The molecule has 98 valence electrons. The molecule has 1 aliphatic rings. The number of amides is 2. The Kier molecular flexibility index (Phi) is 4.59. The topological polar surface area (TPSA) is 67.1 Å². The minimum absolute atomic E-state index is 0.115. The number of benzene rings is 1.